The van der Waals surface area contributed by atoms with Crippen LogP contribution in [0.3, 0.4) is 0 Å². The molecule has 6 heteroatoms. The minimum Gasteiger partial charge on any atom is -0.379 e. The molecule has 2 saturated heterocycles. The van der Waals surface area contributed by atoms with E-state index in [9.17, 15) is 4.79 Å². The first-order chi connectivity index (χ1) is 14.2. The first-order valence-electron chi connectivity index (χ1n) is 10.5. The summed E-state index contributed by atoms with van der Waals surface area (Å²) in [5.74, 6) is 0.521. The standard InChI is InChI=1S/C23H28ClN3O2/c24-21-8-2-1-5-18(21)15-20-7-3-9-22(25-20)19-6-4-10-27(16-19)23(28)17-26-11-13-29-14-12-26/h1-3,5,7-9,19H,4,6,10-17H2/t19-/m0/s1. The molecule has 0 N–H and O–H groups in total. The molecule has 0 radical (unpaired) electrons. The molecular weight excluding hydrogens is 386 g/mol. The second-order valence-electron chi connectivity index (χ2n) is 7.89. The summed E-state index contributed by atoms with van der Waals surface area (Å²) in [6, 6.07) is 14.1. The number of aromatic nitrogens is 1. The van der Waals surface area contributed by atoms with E-state index < -0.39 is 0 Å². The third kappa shape index (κ3) is 5.35. The van der Waals surface area contributed by atoms with Crippen molar-refractivity contribution in [2.75, 3.05) is 45.9 Å². The fourth-order valence-electron chi connectivity index (χ4n) is 4.16. The second kappa shape index (κ2) is 9.70. The highest BCUT2D eigenvalue weighted by Crippen LogP contribution is 2.27. The Balaban J connectivity index is 1.40. The summed E-state index contributed by atoms with van der Waals surface area (Å²) >= 11 is 6.31. The van der Waals surface area contributed by atoms with Crippen molar-refractivity contribution in [3.05, 3.63) is 64.4 Å². The van der Waals surface area contributed by atoms with E-state index in [4.69, 9.17) is 21.3 Å². The van der Waals surface area contributed by atoms with E-state index >= 15 is 0 Å². The molecule has 1 aromatic heterocycles. The monoisotopic (exact) mass is 413 g/mol. The number of carbonyl (C=O) groups excluding carboxylic acids is 1. The van der Waals surface area contributed by atoms with Gasteiger partial charge in [-0.05, 0) is 36.6 Å². The summed E-state index contributed by atoms with van der Waals surface area (Å²) < 4.78 is 5.38. The minimum absolute atomic E-state index is 0.226. The molecule has 154 valence electrons. The molecule has 2 aliphatic rings. The number of amides is 1. The van der Waals surface area contributed by atoms with Crippen LogP contribution in [0.4, 0.5) is 0 Å². The van der Waals surface area contributed by atoms with Gasteiger partial charge < -0.3 is 9.64 Å². The number of benzene rings is 1. The summed E-state index contributed by atoms with van der Waals surface area (Å²) in [5, 5.41) is 0.775. The van der Waals surface area contributed by atoms with E-state index in [1.165, 1.54) is 0 Å². The Hall–Kier alpha value is -1.95. The number of hydrogen-bond donors (Lipinski definition) is 0. The first-order valence-corrected chi connectivity index (χ1v) is 10.8. The van der Waals surface area contributed by atoms with Crippen LogP contribution in [0, 0.1) is 0 Å². The molecule has 0 unspecified atom stereocenters. The molecule has 0 aliphatic carbocycles. The lowest BCUT2D eigenvalue weighted by Gasteiger charge is -2.35. The SMILES string of the molecule is O=C(CN1CCOCC1)N1CCC[C@H](c2cccc(Cc3ccccc3Cl)n2)C1. The molecule has 0 bridgehead atoms. The molecule has 1 atom stereocenters. The molecule has 29 heavy (non-hydrogen) atoms. The number of carbonyl (C=O) groups is 1. The van der Waals surface area contributed by atoms with Crippen molar-refractivity contribution < 1.29 is 9.53 Å². The van der Waals surface area contributed by atoms with E-state index in [-0.39, 0.29) is 5.91 Å². The van der Waals surface area contributed by atoms with Crippen molar-refractivity contribution in [2.45, 2.75) is 25.2 Å². The highest BCUT2D eigenvalue weighted by molar-refractivity contribution is 6.31. The summed E-state index contributed by atoms with van der Waals surface area (Å²) in [5.41, 5.74) is 3.19. The van der Waals surface area contributed by atoms with Crippen molar-refractivity contribution in [2.24, 2.45) is 0 Å². The van der Waals surface area contributed by atoms with Crippen LogP contribution in [0.25, 0.3) is 0 Å². The minimum atomic E-state index is 0.226. The van der Waals surface area contributed by atoms with Crippen LogP contribution < -0.4 is 0 Å². The molecule has 2 fully saturated rings. The van der Waals surface area contributed by atoms with Crippen LogP contribution in [0.2, 0.25) is 5.02 Å². The maximum Gasteiger partial charge on any atom is 0.236 e. The summed E-state index contributed by atoms with van der Waals surface area (Å²) in [6.07, 6.45) is 2.82. The van der Waals surface area contributed by atoms with Gasteiger partial charge in [0.1, 0.15) is 0 Å². The molecule has 0 saturated carbocycles. The van der Waals surface area contributed by atoms with Crippen LogP contribution in [0.1, 0.15) is 35.7 Å². The second-order valence-corrected chi connectivity index (χ2v) is 8.30. The predicted octanol–water partition coefficient (Wildman–Crippen LogP) is 3.36. The fraction of sp³-hybridized carbons (Fsp3) is 0.478. The first kappa shape index (κ1) is 20.3. The van der Waals surface area contributed by atoms with Crippen LogP contribution in [0.5, 0.6) is 0 Å². The lowest BCUT2D eigenvalue weighted by Crippen LogP contribution is -2.47. The molecule has 2 aliphatic heterocycles. The highest BCUT2D eigenvalue weighted by atomic mass is 35.5. The Kier molecular flexibility index (Phi) is 6.80. The van der Waals surface area contributed by atoms with E-state index in [1.54, 1.807) is 0 Å². The summed E-state index contributed by atoms with van der Waals surface area (Å²) in [4.78, 5) is 21.9. The van der Waals surface area contributed by atoms with Crippen molar-refractivity contribution in [3.63, 3.8) is 0 Å². The van der Waals surface area contributed by atoms with Gasteiger partial charge in [-0.1, -0.05) is 35.9 Å². The molecule has 1 aromatic carbocycles. The highest BCUT2D eigenvalue weighted by Gasteiger charge is 2.27. The maximum atomic E-state index is 12.8. The number of pyridine rings is 1. The summed E-state index contributed by atoms with van der Waals surface area (Å²) in [6.45, 7) is 5.22. The Morgan fingerprint density at radius 2 is 1.93 bits per heavy atom. The molecule has 1 amide bonds. The van der Waals surface area contributed by atoms with Gasteiger partial charge in [0, 0.05) is 54.9 Å². The molecule has 5 nitrogen and oxygen atoms in total. The molecular formula is C23H28ClN3O2. The van der Waals surface area contributed by atoms with Crippen molar-refractivity contribution in [1.29, 1.82) is 0 Å². The third-order valence-corrected chi connectivity index (χ3v) is 6.18. The topological polar surface area (TPSA) is 45.7 Å². The Labute approximate surface area is 177 Å². The van der Waals surface area contributed by atoms with Gasteiger partial charge in [-0.2, -0.15) is 0 Å². The van der Waals surface area contributed by atoms with E-state index in [1.807, 2.05) is 29.2 Å². The number of ether oxygens (including phenoxy) is 1. The Bertz CT molecular complexity index is 838. The van der Waals surface area contributed by atoms with Gasteiger partial charge in [-0.3, -0.25) is 14.7 Å². The number of halogens is 1. The molecule has 0 spiro atoms. The van der Waals surface area contributed by atoms with Crippen LogP contribution in [0.15, 0.2) is 42.5 Å². The van der Waals surface area contributed by atoms with Crippen LogP contribution >= 0.6 is 11.6 Å². The van der Waals surface area contributed by atoms with Gasteiger partial charge in [-0.25, -0.2) is 0 Å². The average molecular weight is 414 g/mol. The van der Waals surface area contributed by atoms with Crippen molar-refractivity contribution in [3.8, 4) is 0 Å². The van der Waals surface area contributed by atoms with Gasteiger partial charge >= 0.3 is 0 Å². The number of piperidine rings is 1. The quantitative estimate of drug-likeness (QED) is 0.754. The van der Waals surface area contributed by atoms with Gasteiger partial charge in [0.25, 0.3) is 0 Å². The number of likely N-dealkylation sites (tertiary alicyclic amines) is 1. The van der Waals surface area contributed by atoms with Gasteiger partial charge in [-0.15, -0.1) is 0 Å². The lowest BCUT2D eigenvalue weighted by atomic mass is 9.93. The normalized spacial score (nSPS) is 20.6. The van der Waals surface area contributed by atoms with Crippen molar-refractivity contribution in [1.82, 2.24) is 14.8 Å². The average Bonchev–Trinajstić information content (AvgIpc) is 2.76. The number of nitrogens with zero attached hydrogens (tertiary/aromatic N) is 3. The largest absolute Gasteiger partial charge is 0.379 e. The van der Waals surface area contributed by atoms with E-state index in [2.05, 4.69) is 23.1 Å². The molecule has 4 rings (SSSR count). The number of hydrogen-bond acceptors (Lipinski definition) is 4. The van der Waals surface area contributed by atoms with Crippen LogP contribution in [-0.4, -0.2) is 66.6 Å². The van der Waals surface area contributed by atoms with Crippen LogP contribution in [-0.2, 0) is 16.0 Å². The molecule has 3 heterocycles. The summed E-state index contributed by atoms with van der Waals surface area (Å²) in [7, 11) is 0. The van der Waals surface area contributed by atoms with Crippen molar-refractivity contribution >= 4 is 17.5 Å². The predicted molar refractivity (Wildman–Crippen MR) is 114 cm³/mol. The number of morpholine rings is 1. The third-order valence-electron chi connectivity index (χ3n) is 5.81. The zero-order chi connectivity index (χ0) is 20.1. The van der Waals surface area contributed by atoms with Gasteiger partial charge in [0.2, 0.25) is 5.91 Å². The maximum absolute atomic E-state index is 12.8. The zero-order valence-electron chi connectivity index (χ0n) is 16.7. The fourth-order valence-corrected chi connectivity index (χ4v) is 4.36. The smallest absolute Gasteiger partial charge is 0.236 e. The Morgan fingerprint density at radius 3 is 2.76 bits per heavy atom. The lowest BCUT2D eigenvalue weighted by molar-refractivity contribution is -0.134. The van der Waals surface area contributed by atoms with E-state index in [0.29, 0.717) is 12.5 Å². The molecule has 2 aromatic rings. The zero-order valence-corrected chi connectivity index (χ0v) is 17.5. The van der Waals surface area contributed by atoms with E-state index in [0.717, 1.165) is 80.6 Å². The number of rotatable bonds is 5. The Morgan fingerprint density at radius 1 is 1.10 bits per heavy atom. The van der Waals surface area contributed by atoms with Gasteiger partial charge in [0.15, 0.2) is 0 Å². The van der Waals surface area contributed by atoms with Gasteiger partial charge in [0.05, 0.1) is 19.8 Å².